The van der Waals surface area contributed by atoms with Crippen LogP contribution in [0.15, 0.2) is 0 Å². The van der Waals surface area contributed by atoms with Crippen LogP contribution in [0.3, 0.4) is 0 Å². The predicted molar refractivity (Wildman–Crippen MR) is 73.3 cm³/mol. The Labute approximate surface area is 106 Å². The monoisotopic (exact) mass is 242 g/mol. The summed E-state index contributed by atoms with van der Waals surface area (Å²) >= 11 is 0. The Morgan fingerprint density at radius 3 is 2.59 bits per heavy atom. The first-order valence-electron chi connectivity index (χ1n) is 7.29. The van der Waals surface area contributed by atoms with Gasteiger partial charge in [0.25, 0.3) is 0 Å². The lowest BCUT2D eigenvalue weighted by Crippen LogP contribution is -2.45. The zero-order valence-corrected chi connectivity index (χ0v) is 11.8. The molecule has 3 nitrogen and oxygen atoms in total. The van der Waals surface area contributed by atoms with Crippen LogP contribution in [0, 0.1) is 0 Å². The van der Waals surface area contributed by atoms with Crippen molar-refractivity contribution in [3.8, 4) is 0 Å². The number of nitrogens with one attached hydrogen (secondary N) is 2. The minimum Gasteiger partial charge on any atom is -0.389 e. The molecule has 0 aromatic heterocycles. The van der Waals surface area contributed by atoms with Crippen LogP contribution in [0.4, 0.5) is 0 Å². The average Bonchev–Trinajstić information content (AvgIpc) is 2.37. The molecule has 3 N–H and O–H groups in total. The van der Waals surface area contributed by atoms with Gasteiger partial charge in [-0.05, 0) is 45.6 Å². The summed E-state index contributed by atoms with van der Waals surface area (Å²) in [7, 11) is 0. The highest BCUT2D eigenvalue weighted by Crippen LogP contribution is 2.15. The van der Waals surface area contributed by atoms with Crippen molar-refractivity contribution in [2.75, 3.05) is 13.1 Å². The Balaban J connectivity index is 2.21. The van der Waals surface area contributed by atoms with Crippen molar-refractivity contribution in [2.45, 2.75) is 77.0 Å². The highest BCUT2D eigenvalue weighted by Gasteiger charge is 2.23. The Morgan fingerprint density at radius 1 is 1.35 bits per heavy atom. The van der Waals surface area contributed by atoms with Crippen molar-refractivity contribution in [3.63, 3.8) is 0 Å². The van der Waals surface area contributed by atoms with E-state index in [0.717, 1.165) is 12.8 Å². The summed E-state index contributed by atoms with van der Waals surface area (Å²) in [5, 5.41) is 17.3. The second-order valence-corrected chi connectivity index (χ2v) is 5.60. The molecule has 1 saturated heterocycles. The molecular weight excluding hydrogens is 212 g/mol. The van der Waals surface area contributed by atoms with Crippen LogP contribution < -0.4 is 10.6 Å². The number of hydrogen-bond donors (Lipinski definition) is 3. The molecule has 3 heteroatoms. The Morgan fingerprint density at radius 2 is 2.06 bits per heavy atom. The summed E-state index contributed by atoms with van der Waals surface area (Å²) in [4.78, 5) is 0. The lowest BCUT2D eigenvalue weighted by atomic mass is 9.95. The minimum absolute atomic E-state index is 0.482. The summed E-state index contributed by atoms with van der Waals surface area (Å²) < 4.78 is 0. The number of hydrogen-bond acceptors (Lipinski definition) is 3. The van der Waals surface area contributed by atoms with Gasteiger partial charge in [-0.2, -0.15) is 0 Å². The molecule has 0 amide bonds. The molecular formula is C14H30N2O. The van der Waals surface area contributed by atoms with E-state index in [2.05, 4.69) is 31.4 Å². The predicted octanol–water partition coefficient (Wildman–Crippen LogP) is 2.05. The van der Waals surface area contributed by atoms with Gasteiger partial charge < -0.3 is 15.7 Å². The minimum atomic E-state index is -0.520. The molecule has 102 valence electrons. The fourth-order valence-electron chi connectivity index (χ4n) is 2.50. The Kier molecular flexibility index (Phi) is 6.45. The zero-order chi connectivity index (χ0) is 12.7. The first kappa shape index (κ1) is 14.9. The molecule has 17 heavy (non-hydrogen) atoms. The van der Waals surface area contributed by atoms with E-state index in [1.165, 1.54) is 32.2 Å². The first-order chi connectivity index (χ1) is 8.09. The summed E-state index contributed by atoms with van der Waals surface area (Å²) in [6, 6.07) is 1.15. The van der Waals surface area contributed by atoms with Crippen LogP contribution in [0.2, 0.25) is 0 Å². The summed E-state index contributed by atoms with van der Waals surface area (Å²) in [6.07, 6.45) is 6.80. The van der Waals surface area contributed by atoms with E-state index in [1.54, 1.807) is 0 Å². The van der Waals surface area contributed by atoms with Crippen LogP contribution in [0.1, 0.15) is 59.3 Å². The van der Waals surface area contributed by atoms with Crippen LogP contribution in [-0.2, 0) is 0 Å². The van der Waals surface area contributed by atoms with Crippen molar-refractivity contribution in [1.82, 2.24) is 10.6 Å². The molecule has 0 aliphatic carbocycles. The third-order valence-electron chi connectivity index (χ3n) is 4.15. The first-order valence-corrected chi connectivity index (χ1v) is 7.29. The largest absolute Gasteiger partial charge is 0.389 e. The summed E-state index contributed by atoms with van der Waals surface area (Å²) in [6.45, 7) is 8.22. The molecule has 0 aromatic carbocycles. The molecule has 1 aliphatic heterocycles. The topological polar surface area (TPSA) is 44.3 Å². The van der Waals surface area contributed by atoms with Gasteiger partial charge in [0.05, 0.1) is 5.60 Å². The van der Waals surface area contributed by atoms with Crippen LogP contribution in [0.25, 0.3) is 0 Å². The quantitative estimate of drug-likeness (QED) is 0.640. The number of rotatable bonds is 7. The van der Waals surface area contributed by atoms with E-state index in [4.69, 9.17) is 0 Å². The summed E-state index contributed by atoms with van der Waals surface area (Å²) in [5.74, 6) is 0. The highest BCUT2D eigenvalue weighted by atomic mass is 16.3. The van der Waals surface area contributed by atoms with Crippen LogP contribution in [0.5, 0.6) is 0 Å². The van der Waals surface area contributed by atoms with Crippen molar-refractivity contribution < 1.29 is 5.11 Å². The van der Waals surface area contributed by atoms with Crippen molar-refractivity contribution in [1.29, 1.82) is 0 Å². The summed E-state index contributed by atoms with van der Waals surface area (Å²) in [5.41, 5.74) is -0.520. The van der Waals surface area contributed by atoms with Gasteiger partial charge in [0.2, 0.25) is 0 Å². The van der Waals surface area contributed by atoms with E-state index in [0.29, 0.717) is 18.6 Å². The van der Waals surface area contributed by atoms with E-state index in [9.17, 15) is 5.11 Å². The zero-order valence-electron chi connectivity index (χ0n) is 11.8. The molecule has 1 heterocycles. The maximum absolute atomic E-state index is 10.2. The SMILES string of the molecule is CCC(O)(CC)CNC(C)CC1CCCCN1. The smallest absolute Gasteiger partial charge is 0.0766 e. The maximum Gasteiger partial charge on any atom is 0.0766 e. The van der Waals surface area contributed by atoms with Crippen molar-refractivity contribution in [2.24, 2.45) is 0 Å². The fourth-order valence-corrected chi connectivity index (χ4v) is 2.50. The molecule has 0 radical (unpaired) electrons. The third kappa shape index (κ3) is 5.36. The molecule has 1 rings (SSSR count). The van der Waals surface area contributed by atoms with Gasteiger partial charge >= 0.3 is 0 Å². The standard InChI is InChI=1S/C14H30N2O/c1-4-14(17,5-2)11-16-12(3)10-13-8-6-7-9-15-13/h12-13,15-17H,4-11H2,1-3H3. The normalized spacial score (nSPS) is 23.6. The molecule has 2 atom stereocenters. The highest BCUT2D eigenvalue weighted by molar-refractivity contribution is 4.82. The van der Waals surface area contributed by atoms with Gasteiger partial charge in [0, 0.05) is 18.6 Å². The second kappa shape index (κ2) is 7.34. The average molecular weight is 242 g/mol. The van der Waals surface area contributed by atoms with E-state index in [1.807, 2.05) is 0 Å². The van der Waals surface area contributed by atoms with Gasteiger partial charge in [-0.25, -0.2) is 0 Å². The maximum atomic E-state index is 10.2. The van der Waals surface area contributed by atoms with E-state index >= 15 is 0 Å². The lowest BCUT2D eigenvalue weighted by Gasteiger charge is -2.30. The fraction of sp³-hybridized carbons (Fsp3) is 1.00. The van der Waals surface area contributed by atoms with E-state index in [-0.39, 0.29) is 0 Å². The van der Waals surface area contributed by atoms with Gasteiger partial charge in [0.15, 0.2) is 0 Å². The van der Waals surface area contributed by atoms with Crippen LogP contribution >= 0.6 is 0 Å². The van der Waals surface area contributed by atoms with Crippen molar-refractivity contribution >= 4 is 0 Å². The second-order valence-electron chi connectivity index (χ2n) is 5.60. The number of piperidine rings is 1. The molecule has 1 aliphatic rings. The lowest BCUT2D eigenvalue weighted by molar-refractivity contribution is 0.0297. The van der Waals surface area contributed by atoms with Gasteiger partial charge in [-0.1, -0.05) is 20.3 Å². The Hall–Kier alpha value is -0.120. The van der Waals surface area contributed by atoms with Gasteiger partial charge in [0.1, 0.15) is 0 Å². The van der Waals surface area contributed by atoms with Crippen LogP contribution in [-0.4, -0.2) is 35.9 Å². The van der Waals surface area contributed by atoms with Gasteiger partial charge in [-0.3, -0.25) is 0 Å². The molecule has 0 aromatic rings. The van der Waals surface area contributed by atoms with Gasteiger partial charge in [-0.15, -0.1) is 0 Å². The molecule has 0 spiro atoms. The number of aliphatic hydroxyl groups is 1. The third-order valence-corrected chi connectivity index (χ3v) is 4.15. The molecule has 0 saturated carbocycles. The molecule has 0 bridgehead atoms. The van der Waals surface area contributed by atoms with E-state index < -0.39 is 5.60 Å². The van der Waals surface area contributed by atoms with Crippen molar-refractivity contribution in [3.05, 3.63) is 0 Å². The molecule has 1 fully saturated rings. The molecule has 2 unspecified atom stereocenters. The Bertz CT molecular complexity index is 198.